The molecule has 0 radical (unpaired) electrons. The van der Waals surface area contributed by atoms with Gasteiger partial charge in [0.2, 0.25) is 0 Å². The van der Waals surface area contributed by atoms with Crippen molar-refractivity contribution in [3.8, 4) is 5.75 Å². The largest absolute Gasteiger partial charge is 0.488 e. The van der Waals surface area contributed by atoms with E-state index in [0.717, 1.165) is 0 Å². The van der Waals surface area contributed by atoms with Crippen LogP contribution in [0.3, 0.4) is 0 Å². The van der Waals surface area contributed by atoms with E-state index in [4.69, 9.17) is 4.74 Å². The molecule has 0 heterocycles. The third kappa shape index (κ3) is 3.49. The summed E-state index contributed by atoms with van der Waals surface area (Å²) in [5.41, 5.74) is 1.03. The normalized spacial score (nSPS) is 10.2. The van der Waals surface area contributed by atoms with Crippen molar-refractivity contribution in [3.05, 3.63) is 62.4 Å². The molecule has 2 aromatic rings. The molecule has 0 bridgehead atoms. The first-order chi connectivity index (χ1) is 10.0. The predicted molar refractivity (Wildman–Crippen MR) is 81.1 cm³/mol. The summed E-state index contributed by atoms with van der Waals surface area (Å²) < 4.78 is 19.1. The smallest absolute Gasteiger partial charge is 0.292 e. The highest BCUT2D eigenvalue weighted by Gasteiger charge is 2.16. The van der Waals surface area contributed by atoms with Crippen molar-refractivity contribution in [1.29, 1.82) is 0 Å². The van der Waals surface area contributed by atoms with Gasteiger partial charge in [-0.1, -0.05) is 12.1 Å². The molecule has 7 heteroatoms. The maximum atomic E-state index is 13.0. The standard InChI is InChI=1S/C14H12BrFN2O3/c1-17-14-9(3-2-4-12(14)18(19)20)8-21-13-6-5-10(16)7-11(13)15/h2-7,17H,8H2,1H3. The molecule has 0 aliphatic carbocycles. The van der Waals surface area contributed by atoms with E-state index in [-0.39, 0.29) is 18.1 Å². The van der Waals surface area contributed by atoms with E-state index < -0.39 is 4.92 Å². The number of nitro benzene ring substituents is 1. The number of nitro groups is 1. The molecule has 0 aliphatic heterocycles. The summed E-state index contributed by atoms with van der Waals surface area (Å²) in [6.07, 6.45) is 0. The molecule has 5 nitrogen and oxygen atoms in total. The molecule has 0 unspecified atom stereocenters. The van der Waals surface area contributed by atoms with Gasteiger partial charge in [-0.15, -0.1) is 0 Å². The second-order valence-electron chi connectivity index (χ2n) is 4.18. The van der Waals surface area contributed by atoms with Crippen molar-refractivity contribution in [1.82, 2.24) is 0 Å². The summed E-state index contributed by atoms with van der Waals surface area (Å²) in [6, 6.07) is 8.82. The topological polar surface area (TPSA) is 64.4 Å². The van der Waals surface area contributed by atoms with Crippen molar-refractivity contribution in [2.45, 2.75) is 6.61 Å². The van der Waals surface area contributed by atoms with Crippen LogP contribution in [-0.4, -0.2) is 12.0 Å². The third-order valence-corrected chi connectivity index (χ3v) is 3.47. The minimum atomic E-state index is -0.455. The maximum Gasteiger partial charge on any atom is 0.292 e. The highest BCUT2D eigenvalue weighted by atomic mass is 79.9. The first-order valence-electron chi connectivity index (χ1n) is 6.05. The number of halogens is 2. The Balaban J connectivity index is 2.24. The quantitative estimate of drug-likeness (QED) is 0.647. The first-order valence-corrected chi connectivity index (χ1v) is 6.84. The number of hydrogen-bond donors (Lipinski definition) is 1. The van der Waals surface area contributed by atoms with Crippen LogP contribution in [0.5, 0.6) is 5.75 Å². The Kier molecular flexibility index (Phi) is 4.74. The fraction of sp³-hybridized carbons (Fsp3) is 0.143. The predicted octanol–water partition coefficient (Wildman–Crippen LogP) is 4.12. The van der Waals surface area contributed by atoms with Crippen LogP contribution in [0, 0.1) is 15.9 Å². The fourth-order valence-corrected chi connectivity index (χ4v) is 2.36. The number of benzene rings is 2. The summed E-state index contributed by atoms with van der Waals surface area (Å²) in [4.78, 5) is 10.5. The molecular weight excluding hydrogens is 343 g/mol. The molecule has 1 N–H and O–H groups in total. The monoisotopic (exact) mass is 354 g/mol. The number of hydrogen-bond acceptors (Lipinski definition) is 4. The summed E-state index contributed by atoms with van der Waals surface area (Å²) in [5.74, 6) is 0.0884. The lowest BCUT2D eigenvalue weighted by Gasteiger charge is -2.12. The van der Waals surface area contributed by atoms with Crippen LogP contribution in [0.4, 0.5) is 15.8 Å². The molecule has 110 valence electrons. The van der Waals surface area contributed by atoms with Crippen LogP contribution in [0.15, 0.2) is 40.9 Å². The van der Waals surface area contributed by atoms with Gasteiger partial charge in [0.1, 0.15) is 23.9 Å². The van der Waals surface area contributed by atoms with Crippen molar-refractivity contribution < 1.29 is 14.1 Å². The van der Waals surface area contributed by atoms with E-state index >= 15 is 0 Å². The van der Waals surface area contributed by atoms with Gasteiger partial charge in [0.25, 0.3) is 5.69 Å². The summed E-state index contributed by atoms with van der Waals surface area (Å²) in [5, 5.41) is 13.8. The molecule has 21 heavy (non-hydrogen) atoms. The van der Waals surface area contributed by atoms with Gasteiger partial charge in [0, 0.05) is 18.7 Å². The second kappa shape index (κ2) is 6.53. The number of ether oxygens (including phenoxy) is 1. The van der Waals surface area contributed by atoms with Crippen LogP contribution >= 0.6 is 15.9 Å². The number of nitrogens with one attached hydrogen (secondary N) is 1. The molecular formula is C14H12BrFN2O3. The average molecular weight is 355 g/mol. The van der Waals surface area contributed by atoms with Crippen LogP contribution in [0.2, 0.25) is 0 Å². The SMILES string of the molecule is CNc1c(COc2ccc(F)cc2Br)cccc1[N+](=O)[O-]. The van der Waals surface area contributed by atoms with E-state index in [0.29, 0.717) is 21.5 Å². The lowest BCUT2D eigenvalue weighted by Crippen LogP contribution is -2.04. The van der Waals surface area contributed by atoms with Gasteiger partial charge < -0.3 is 10.1 Å². The average Bonchev–Trinajstić information content (AvgIpc) is 2.45. The van der Waals surface area contributed by atoms with E-state index in [1.54, 1.807) is 19.2 Å². The molecule has 0 saturated carbocycles. The Bertz CT molecular complexity index is 679. The molecule has 0 aromatic heterocycles. The van der Waals surface area contributed by atoms with E-state index in [9.17, 15) is 14.5 Å². The van der Waals surface area contributed by atoms with Crippen molar-refractivity contribution in [3.63, 3.8) is 0 Å². The molecule has 2 aromatic carbocycles. The zero-order valence-electron chi connectivity index (χ0n) is 11.1. The molecule has 0 atom stereocenters. The van der Waals surface area contributed by atoms with Gasteiger partial charge in [-0.25, -0.2) is 4.39 Å². The summed E-state index contributed by atoms with van der Waals surface area (Å²) in [7, 11) is 1.61. The molecule has 0 spiro atoms. The molecule has 2 rings (SSSR count). The van der Waals surface area contributed by atoms with E-state index in [1.165, 1.54) is 24.3 Å². The van der Waals surface area contributed by atoms with Gasteiger partial charge in [0.15, 0.2) is 0 Å². The number of rotatable bonds is 5. The molecule has 0 saturated heterocycles. The first kappa shape index (κ1) is 15.2. The Hall–Kier alpha value is -2.15. The highest BCUT2D eigenvalue weighted by Crippen LogP contribution is 2.30. The Labute approximate surface area is 129 Å². The van der Waals surface area contributed by atoms with Gasteiger partial charge in [-0.05, 0) is 34.1 Å². The number of para-hydroxylation sites is 1. The second-order valence-corrected chi connectivity index (χ2v) is 5.04. The Morgan fingerprint density at radius 3 is 2.76 bits per heavy atom. The molecule has 0 amide bonds. The zero-order valence-corrected chi connectivity index (χ0v) is 12.7. The lowest BCUT2D eigenvalue weighted by atomic mass is 10.1. The van der Waals surface area contributed by atoms with Crippen molar-refractivity contribution in [2.24, 2.45) is 0 Å². The Morgan fingerprint density at radius 2 is 2.14 bits per heavy atom. The summed E-state index contributed by atoms with van der Waals surface area (Å²) in [6.45, 7) is 0.127. The van der Waals surface area contributed by atoms with E-state index in [2.05, 4.69) is 21.2 Å². The maximum absolute atomic E-state index is 13.0. The minimum absolute atomic E-state index is 0.0169. The summed E-state index contributed by atoms with van der Waals surface area (Å²) >= 11 is 3.21. The van der Waals surface area contributed by atoms with E-state index in [1.807, 2.05) is 0 Å². The molecule has 0 aliphatic rings. The highest BCUT2D eigenvalue weighted by molar-refractivity contribution is 9.10. The third-order valence-electron chi connectivity index (χ3n) is 2.85. The minimum Gasteiger partial charge on any atom is -0.488 e. The van der Waals surface area contributed by atoms with Crippen LogP contribution < -0.4 is 10.1 Å². The lowest BCUT2D eigenvalue weighted by molar-refractivity contribution is -0.384. The van der Waals surface area contributed by atoms with Gasteiger partial charge >= 0.3 is 0 Å². The molecule has 0 fully saturated rings. The van der Waals surface area contributed by atoms with Gasteiger partial charge in [-0.2, -0.15) is 0 Å². The number of anilines is 1. The Morgan fingerprint density at radius 1 is 1.38 bits per heavy atom. The number of nitrogens with zero attached hydrogens (tertiary/aromatic N) is 1. The van der Waals surface area contributed by atoms with Gasteiger partial charge in [-0.3, -0.25) is 10.1 Å². The van der Waals surface area contributed by atoms with Crippen LogP contribution in [-0.2, 0) is 6.61 Å². The van der Waals surface area contributed by atoms with Gasteiger partial charge in [0.05, 0.1) is 9.40 Å². The fourth-order valence-electron chi connectivity index (χ4n) is 1.90. The zero-order chi connectivity index (χ0) is 15.4. The van der Waals surface area contributed by atoms with Crippen molar-refractivity contribution >= 4 is 27.3 Å². The van der Waals surface area contributed by atoms with Crippen LogP contribution in [0.25, 0.3) is 0 Å². The van der Waals surface area contributed by atoms with Crippen LogP contribution in [0.1, 0.15) is 5.56 Å². The van der Waals surface area contributed by atoms with Crippen molar-refractivity contribution in [2.75, 3.05) is 12.4 Å².